The van der Waals surface area contributed by atoms with Crippen LogP contribution in [0.1, 0.15) is 15.9 Å². The van der Waals surface area contributed by atoms with Gasteiger partial charge in [-0.1, -0.05) is 65.6 Å². The highest BCUT2D eigenvalue weighted by Crippen LogP contribution is 2.45. The van der Waals surface area contributed by atoms with Crippen LogP contribution in [0.5, 0.6) is 0 Å². The SMILES string of the molecule is C=C1NC2[C@H](CN3C(=O)CN(c4ccccc4)C3=O)N=C(NC(=O)OCC(Cl)(Cl)Cl)N3CC(NC(=O)c4cccc(C(F)(F)F)c4)C(O)(O)C23N1. The number of ether oxygens (including phenoxy) is 1. The van der Waals surface area contributed by atoms with Crippen LogP contribution in [0.3, 0.4) is 0 Å². The molecule has 21 heteroatoms. The van der Waals surface area contributed by atoms with Crippen LogP contribution in [0.15, 0.2) is 72.0 Å². The molecular weight excluding hydrogens is 748 g/mol. The molecule has 4 aliphatic heterocycles. The summed E-state index contributed by atoms with van der Waals surface area (Å²) < 4.78 is 43.1. The Hall–Kier alpha value is -4.49. The van der Waals surface area contributed by atoms with Crippen LogP contribution in [-0.2, 0) is 15.7 Å². The second kappa shape index (κ2) is 12.9. The number of para-hydroxylation sites is 1. The largest absolute Gasteiger partial charge is 0.445 e. The van der Waals surface area contributed by atoms with Crippen molar-refractivity contribution in [3.8, 4) is 0 Å². The van der Waals surface area contributed by atoms with Crippen LogP contribution < -0.4 is 26.2 Å². The number of carbonyl (C=O) groups excluding carboxylic acids is 4. The Bertz CT molecular complexity index is 1810. The molecule has 1 spiro atoms. The molecule has 0 radical (unpaired) electrons. The number of benzene rings is 2. The Morgan fingerprint density at radius 2 is 1.80 bits per heavy atom. The lowest BCUT2D eigenvalue weighted by Gasteiger charge is -2.49. The molecule has 0 aromatic heterocycles. The van der Waals surface area contributed by atoms with Crippen molar-refractivity contribution in [2.24, 2.45) is 4.99 Å². The van der Waals surface area contributed by atoms with Crippen LogP contribution in [0.25, 0.3) is 0 Å². The summed E-state index contributed by atoms with van der Waals surface area (Å²) in [6.07, 6.45) is -5.97. The van der Waals surface area contributed by atoms with E-state index in [9.17, 15) is 42.6 Å². The van der Waals surface area contributed by atoms with E-state index in [-0.39, 0.29) is 12.4 Å². The maximum absolute atomic E-state index is 13.5. The van der Waals surface area contributed by atoms with Gasteiger partial charge in [-0.05, 0) is 30.3 Å². The molecular formula is C30H28Cl3F3N8O7. The van der Waals surface area contributed by atoms with Gasteiger partial charge in [0.2, 0.25) is 15.5 Å². The van der Waals surface area contributed by atoms with Crippen molar-refractivity contribution in [2.75, 3.05) is 31.1 Å². The van der Waals surface area contributed by atoms with E-state index >= 15 is 0 Å². The first-order valence-corrected chi connectivity index (χ1v) is 16.1. The van der Waals surface area contributed by atoms with Gasteiger partial charge in [-0.3, -0.25) is 24.7 Å². The molecule has 4 aliphatic rings. The number of aliphatic hydroxyl groups is 2. The summed E-state index contributed by atoms with van der Waals surface area (Å²) in [4.78, 5) is 60.7. The van der Waals surface area contributed by atoms with Gasteiger partial charge in [0.25, 0.3) is 11.8 Å². The average Bonchev–Trinajstić information content (AvgIpc) is 3.64. The third kappa shape index (κ3) is 6.69. The molecule has 15 nitrogen and oxygen atoms in total. The molecule has 51 heavy (non-hydrogen) atoms. The van der Waals surface area contributed by atoms with Crippen LogP contribution in [0.4, 0.5) is 28.4 Å². The Kier molecular flexibility index (Phi) is 9.20. The quantitative estimate of drug-likeness (QED) is 0.144. The van der Waals surface area contributed by atoms with Crippen molar-refractivity contribution >= 4 is 70.4 Å². The fraction of sp³-hybridized carbons (Fsp3) is 0.367. The van der Waals surface area contributed by atoms with E-state index in [1.54, 1.807) is 30.3 Å². The monoisotopic (exact) mass is 774 g/mol. The van der Waals surface area contributed by atoms with Crippen molar-refractivity contribution in [3.05, 3.63) is 78.1 Å². The van der Waals surface area contributed by atoms with Crippen LogP contribution in [0, 0.1) is 0 Å². The summed E-state index contributed by atoms with van der Waals surface area (Å²) in [5, 5.41) is 34.3. The minimum absolute atomic E-state index is 0.0209. The lowest BCUT2D eigenvalue weighted by molar-refractivity contribution is -0.231. The van der Waals surface area contributed by atoms with Crippen molar-refractivity contribution in [2.45, 2.75) is 39.5 Å². The Labute approximate surface area is 301 Å². The maximum atomic E-state index is 13.5. The van der Waals surface area contributed by atoms with Gasteiger partial charge in [0.1, 0.15) is 19.2 Å². The number of hydrogen-bond donors (Lipinski definition) is 6. The Morgan fingerprint density at radius 1 is 1.10 bits per heavy atom. The fourth-order valence-electron chi connectivity index (χ4n) is 6.50. The number of amides is 5. The number of carbonyl (C=O) groups is 4. The fourth-order valence-corrected chi connectivity index (χ4v) is 6.67. The van der Waals surface area contributed by atoms with E-state index in [1.807, 2.05) is 0 Å². The summed E-state index contributed by atoms with van der Waals surface area (Å²) >= 11 is 17.1. The van der Waals surface area contributed by atoms with Gasteiger partial charge in [0, 0.05) is 17.8 Å². The second-order valence-electron chi connectivity index (χ2n) is 12.0. The number of nitrogens with one attached hydrogen (secondary N) is 4. The predicted octanol–water partition coefficient (Wildman–Crippen LogP) is 1.83. The second-order valence-corrected chi connectivity index (χ2v) is 14.5. The highest BCUT2D eigenvalue weighted by atomic mass is 35.6. The van der Waals surface area contributed by atoms with E-state index in [1.165, 1.54) is 4.90 Å². The number of anilines is 1. The number of hydrogen-bond acceptors (Lipinski definition) is 11. The lowest BCUT2D eigenvalue weighted by atomic mass is 9.85. The summed E-state index contributed by atoms with van der Waals surface area (Å²) in [6, 6.07) is 7.02. The van der Waals surface area contributed by atoms with E-state index < -0.39 is 100 Å². The standard InChI is InChI=1S/C30H28Cl3F3N8O7/c1-15-37-22-19(11-43-21(45)13-42(26(43)48)18-8-3-2-4-9-18)38-24(40-25(47)51-14-27(31,32)33)44-12-20(29(49,50)28(22,44)41-15)39-23(46)16-6-5-7-17(10-16)30(34,35)36/h2-10,19-20,22,37,41,49-50H,1,11-14H2,(H,39,46)(H,38,40,47)/t19-,20?,22?,28?/m0/s1. The number of rotatable bonds is 6. The van der Waals surface area contributed by atoms with E-state index in [0.29, 0.717) is 11.8 Å². The molecule has 0 saturated carbocycles. The third-order valence-electron chi connectivity index (χ3n) is 8.72. The van der Waals surface area contributed by atoms with Crippen LogP contribution in [0.2, 0.25) is 0 Å². The molecule has 6 rings (SSSR count). The molecule has 2 aromatic rings. The highest BCUT2D eigenvalue weighted by molar-refractivity contribution is 6.67. The maximum Gasteiger partial charge on any atom is 0.416 e. The van der Waals surface area contributed by atoms with Gasteiger partial charge in [-0.2, -0.15) is 13.2 Å². The predicted molar refractivity (Wildman–Crippen MR) is 175 cm³/mol. The van der Waals surface area contributed by atoms with E-state index in [0.717, 1.165) is 28.0 Å². The van der Waals surface area contributed by atoms with Gasteiger partial charge in [0.05, 0.1) is 30.0 Å². The van der Waals surface area contributed by atoms with Crippen molar-refractivity contribution in [1.82, 2.24) is 31.1 Å². The molecule has 3 fully saturated rings. The van der Waals surface area contributed by atoms with Crippen molar-refractivity contribution in [1.29, 1.82) is 0 Å². The average molecular weight is 776 g/mol. The minimum atomic E-state index is -4.76. The van der Waals surface area contributed by atoms with Gasteiger partial charge in [-0.25, -0.2) is 14.6 Å². The first-order chi connectivity index (χ1) is 23.8. The van der Waals surface area contributed by atoms with Gasteiger partial charge in [-0.15, -0.1) is 0 Å². The third-order valence-corrected chi connectivity index (χ3v) is 9.05. The van der Waals surface area contributed by atoms with Crippen molar-refractivity contribution in [3.63, 3.8) is 0 Å². The van der Waals surface area contributed by atoms with Gasteiger partial charge >= 0.3 is 18.3 Å². The molecule has 0 bridgehead atoms. The number of urea groups is 1. The van der Waals surface area contributed by atoms with Gasteiger partial charge < -0.3 is 35.8 Å². The van der Waals surface area contributed by atoms with E-state index in [4.69, 9.17) is 39.5 Å². The minimum Gasteiger partial charge on any atom is -0.445 e. The van der Waals surface area contributed by atoms with Crippen molar-refractivity contribution < 1.29 is 47.3 Å². The Balaban J connectivity index is 1.35. The molecule has 6 N–H and O–H groups in total. The number of guanidine groups is 1. The molecule has 3 saturated heterocycles. The first kappa shape index (κ1) is 36.3. The number of nitrogens with zero attached hydrogens (tertiary/aromatic N) is 4. The van der Waals surface area contributed by atoms with Gasteiger partial charge in [0.15, 0.2) is 5.66 Å². The number of alkyl carbamates (subject to hydrolysis) is 1. The molecule has 0 aliphatic carbocycles. The number of halogens is 6. The lowest BCUT2D eigenvalue weighted by Crippen LogP contribution is -2.78. The number of imide groups is 1. The zero-order valence-electron chi connectivity index (χ0n) is 26.0. The number of aliphatic imine (C=N–C) groups is 1. The molecule has 4 heterocycles. The Morgan fingerprint density at radius 3 is 2.47 bits per heavy atom. The topological polar surface area (TPSA) is 188 Å². The highest BCUT2D eigenvalue weighted by Gasteiger charge is 2.74. The molecule has 3 unspecified atom stereocenters. The summed E-state index contributed by atoms with van der Waals surface area (Å²) in [7, 11) is 0. The molecule has 5 amide bonds. The van der Waals surface area contributed by atoms with E-state index in [2.05, 4.69) is 32.8 Å². The molecule has 2 aromatic carbocycles. The zero-order chi connectivity index (χ0) is 37.1. The summed E-state index contributed by atoms with van der Waals surface area (Å²) in [5.74, 6) is -5.08. The molecule has 4 atom stereocenters. The summed E-state index contributed by atoms with van der Waals surface area (Å²) in [5.41, 5.74) is -3.25. The molecule has 272 valence electrons. The van der Waals surface area contributed by atoms with Crippen LogP contribution in [-0.4, -0.2) is 110 Å². The van der Waals surface area contributed by atoms with Crippen LogP contribution >= 0.6 is 34.8 Å². The smallest absolute Gasteiger partial charge is 0.416 e. The first-order valence-electron chi connectivity index (χ1n) is 15.0. The normalized spacial score (nSPS) is 25.5. The number of alkyl halides is 6. The summed E-state index contributed by atoms with van der Waals surface area (Å²) in [6.45, 7) is 1.84. The zero-order valence-corrected chi connectivity index (χ0v) is 28.2.